The molecule has 2 rings (SSSR count). The third kappa shape index (κ3) is 5.34. The summed E-state index contributed by atoms with van der Waals surface area (Å²) in [5, 5.41) is 6.34. The Morgan fingerprint density at radius 1 is 1.41 bits per heavy atom. The minimum atomic E-state index is -0.0886. The summed E-state index contributed by atoms with van der Waals surface area (Å²) < 4.78 is 5.73. The van der Waals surface area contributed by atoms with Crippen molar-refractivity contribution in [1.29, 1.82) is 0 Å². The highest BCUT2D eigenvalue weighted by Gasteiger charge is 2.24. The SMILES string of the molecule is CC(C)CCOc1cccc(NC(=O)C2CCCC(C)N2)c1. The quantitative estimate of drug-likeness (QED) is 0.844. The monoisotopic (exact) mass is 304 g/mol. The number of ether oxygens (including phenoxy) is 1. The van der Waals surface area contributed by atoms with Crippen LogP contribution in [0.4, 0.5) is 5.69 Å². The third-order valence-electron chi connectivity index (χ3n) is 4.00. The zero-order valence-electron chi connectivity index (χ0n) is 13.9. The Balaban J connectivity index is 1.87. The largest absolute Gasteiger partial charge is 0.494 e. The van der Waals surface area contributed by atoms with Crippen LogP contribution in [0.2, 0.25) is 0 Å². The highest BCUT2D eigenvalue weighted by molar-refractivity contribution is 5.95. The number of rotatable bonds is 6. The first kappa shape index (κ1) is 16.8. The number of benzene rings is 1. The molecule has 1 amide bonds. The van der Waals surface area contributed by atoms with E-state index in [0.29, 0.717) is 18.6 Å². The zero-order valence-corrected chi connectivity index (χ0v) is 13.9. The van der Waals surface area contributed by atoms with Crippen molar-refractivity contribution >= 4 is 11.6 Å². The zero-order chi connectivity index (χ0) is 15.9. The average Bonchev–Trinajstić information content (AvgIpc) is 2.47. The van der Waals surface area contributed by atoms with E-state index in [4.69, 9.17) is 4.74 Å². The summed E-state index contributed by atoms with van der Waals surface area (Å²) >= 11 is 0. The van der Waals surface area contributed by atoms with Crippen LogP contribution in [-0.4, -0.2) is 24.6 Å². The summed E-state index contributed by atoms with van der Waals surface area (Å²) in [4.78, 5) is 12.3. The lowest BCUT2D eigenvalue weighted by Gasteiger charge is -2.27. The molecule has 0 aromatic heterocycles. The first-order chi connectivity index (χ1) is 10.5. The molecule has 1 aliphatic rings. The van der Waals surface area contributed by atoms with Gasteiger partial charge in [-0.2, -0.15) is 0 Å². The molecule has 2 unspecified atom stereocenters. The van der Waals surface area contributed by atoms with Gasteiger partial charge in [0.25, 0.3) is 0 Å². The number of hydrogen-bond donors (Lipinski definition) is 2. The normalized spacial score (nSPS) is 21.6. The number of hydrogen-bond acceptors (Lipinski definition) is 3. The van der Waals surface area contributed by atoms with E-state index < -0.39 is 0 Å². The lowest BCUT2D eigenvalue weighted by Crippen LogP contribution is -2.47. The minimum absolute atomic E-state index is 0.0471. The topological polar surface area (TPSA) is 50.4 Å². The lowest BCUT2D eigenvalue weighted by atomic mass is 9.99. The van der Waals surface area contributed by atoms with Crippen molar-refractivity contribution in [3.05, 3.63) is 24.3 Å². The average molecular weight is 304 g/mol. The molecule has 1 saturated heterocycles. The molecule has 122 valence electrons. The van der Waals surface area contributed by atoms with Crippen LogP contribution >= 0.6 is 0 Å². The van der Waals surface area contributed by atoms with Gasteiger partial charge in [-0.25, -0.2) is 0 Å². The van der Waals surface area contributed by atoms with Crippen molar-refractivity contribution in [1.82, 2.24) is 5.32 Å². The molecular weight excluding hydrogens is 276 g/mol. The second-order valence-electron chi connectivity index (χ2n) is 6.60. The molecule has 1 aromatic carbocycles. The molecule has 1 heterocycles. The van der Waals surface area contributed by atoms with Crippen LogP contribution in [-0.2, 0) is 4.79 Å². The molecule has 0 radical (unpaired) electrons. The predicted octanol–water partition coefficient (Wildman–Crippen LogP) is 3.58. The van der Waals surface area contributed by atoms with E-state index in [2.05, 4.69) is 31.4 Å². The van der Waals surface area contributed by atoms with Gasteiger partial charge in [-0.15, -0.1) is 0 Å². The Kier molecular flexibility index (Phi) is 6.25. The molecule has 0 saturated carbocycles. The van der Waals surface area contributed by atoms with Gasteiger partial charge in [0.15, 0.2) is 0 Å². The van der Waals surface area contributed by atoms with Gasteiger partial charge in [0.2, 0.25) is 5.91 Å². The van der Waals surface area contributed by atoms with Crippen LogP contribution in [0.25, 0.3) is 0 Å². The summed E-state index contributed by atoms with van der Waals surface area (Å²) in [5.74, 6) is 1.48. The van der Waals surface area contributed by atoms with E-state index in [9.17, 15) is 4.79 Å². The fraction of sp³-hybridized carbons (Fsp3) is 0.611. The molecule has 1 aliphatic heterocycles. The third-order valence-corrected chi connectivity index (χ3v) is 4.00. The number of nitrogens with one attached hydrogen (secondary N) is 2. The number of carbonyl (C=O) groups is 1. The maximum absolute atomic E-state index is 12.3. The summed E-state index contributed by atoms with van der Waals surface area (Å²) in [6, 6.07) is 7.96. The van der Waals surface area contributed by atoms with Crippen LogP contribution in [0.3, 0.4) is 0 Å². The van der Waals surface area contributed by atoms with Crippen molar-refractivity contribution in [2.24, 2.45) is 5.92 Å². The van der Waals surface area contributed by atoms with Gasteiger partial charge in [-0.3, -0.25) is 4.79 Å². The summed E-state index contributed by atoms with van der Waals surface area (Å²) in [7, 11) is 0. The number of anilines is 1. The standard InChI is InChI=1S/C18H28N2O2/c1-13(2)10-11-22-16-8-5-7-15(12-16)20-18(21)17-9-4-6-14(3)19-17/h5,7-8,12-14,17,19H,4,6,9-11H2,1-3H3,(H,20,21). The van der Waals surface area contributed by atoms with Gasteiger partial charge in [-0.1, -0.05) is 19.9 Å². The number of amides is 1. The van der Waals surface area contributed by atoms with Gasteiger partial charge in [0.1, 0.15) is 5.75 Å². The van der Waals surface area contributed by atoms with Crippen molar-refractivity contribution in [2.45, 2.75) is 58.5 Å². The molecule has 1 fully saturated rings. The lowest BCUT2D eigenvalue weighted by molar-refractivity contribution is -0.118. The van der Waals surface area contributed by atoms with E-state index in [1.807, 2.05) is 24.3 Å². The maximum Gasteiger partial charge on any atom is 0.241 e. The molecule has 4 heteroatoms. The van der Waals surface area contributed by atoms with E-state index in [1.165, 1.54) is 0 Å². The fourth-order valence-corrected chi connectivity index (χ4v) is 2.65. The Hall–Kier alpha value is -1.55. The number of carbonyl (C=O) groups excluding carboxylic acids is 1. The van der Waals surface area contributed by atoms with Gasteiger partial charge in [0.05, 0.1) is 12.6 Å². The Bertz CT molecular complexity index is 488. The Labute approximate surface area is 133 Å². The van der Waals surface area contributed by atoms with Gasteiger partial charge < -0.3 is 15.4 Å². The van der Waals surface area contributed by atoms with Gasteiger partial charge >= 0.3 is 0 Å². The van der Waals surface area contributed by atoms with Crippen molar-refractivity contribution in [3.8, 4) is 5.75 Å². The number of piperidine rings is 1. The molecule has 0 spiro atoms. The van der Waals surface area contributed by atoms with Gasteiger partial charge in [0, 0.05) is 17.8 Å². The molecule has 0 bridgehead atoms. The van der Waals surface area contributed by atoms with Gasteiger partial charge in [-0.05, 0) is 50.7 Å². The first-order valence-corrected chi connectivity index (χ1v) is 8.34. The van der Waals surface area contributed by atoms with Crippen LogP contribution in [0.15, 0.2) is 24.3 Å². The van der Waals surface area contributed by atoms with Crippen molar-refractivity contribution in [2.75, 3.05) is 11.9 Å². The smallest absolute Gasteiger partial charge is 0.241 e. The van der Waals surface area contributed by atoms with E-state index in [1.54, 1.807) is 0 Å². The minimum Gasteiger partial charge on any atom is -0.494 e. The molecule has 1 aromatic rings. The summed E-state index contributed by atoms with van der Waals surface area (Å²) in [6.45, 7) is 7.19. The second-order valence-corrected chi connectivity index (χ2v) is 6.60. The highest BCUT2D eigenvalue weighted by Crippen LogP contribution is 2.19. The van der Waals surface area contributed by atoms with Crippen molar-refractivity contribution in [3.63, 3.8) is 0 Å². The Morgan fingerprint density at radius 2 is 2.23 bits per heavy atom. The molecule has 2 atom stereocenters. The van der Waals surface area contributed by atoms with Crippen LogP contribution in [0.1, 0.15) is 46.5 Å². The predicted molar refractivity (Wildman–Crippen MR) is 90.3 cm³/mol. The fourth-order valence-electron chi connectivity index (χ4n) is 2.65. The van der Waals surface area contributed by atoms with Crippen LogP contribution < -0.4 is 15.4 Å². The highest BCUT2D eigenvalue weighted by atomic mass is 16.5. The van der Waals surface area contributed by atoms with E-state index in [-0.39, 0.29) is 11.9 Å². The molecule has 0 aliphatic carbocycles. The van der Waals surface area contributed by atoms with Crippen molar-refractivity contribution < 1.29 is 9.53 Å². The van der Waals surface area contributed by atoms with Crippen LogP contribution in [0.5, 0.6) is 5.75 Å². The molecular formula is C18H28N2O2. The van der Waals surface area contributed by atoms with E-state index >= 15 is 0 Å². The molecule has 22 heavy (non-hydrogen) atoms. The van der Waals surface area contributed by atoms with E-state index in [0.717, 1.165) is 37.1 Å². The second kappa shape index (κ2) is 8.18. The van der Waals surface area contributed by atoms with Crippen LogP contribution in [0, 0.1) is 5.92 Å². The molecule has 2 N–H and O–H groups in total. The molecule has 4 nitrogen and oxygen atoms in total. The first-order valence-electron chi connectivity index (χ1n) is 8.34. The maximum atomic E-state index is 12.3. The Morgan fingerprint density at radius 3 is 2.95 bits per heavy atom. The summed E-state index contributed by atoms with van der Waals surface area (Å²) in [5.41, 5.74) is 0.798. The summed E-state index contributed by atoms with van der Waals surface area (Å²) in [6.07, 6.45) is 4.18.